The van der Waals surface area contributed by atoms with E-state index < -0.39 is 0 Å². The molecule has 0 N–H and O–H groups in total. The molecule has 1 heterocycles. The number of hydrogen-bond acceptors (Lipinski definition) is 2. The summed E-state index contributed by atoms with van der Waals surface area (Å²) in [5.74, 6) is 1.65. The summed E-state index contributed by atoms with van der Waals surface area (Å²) in [6.45, 7) is 4.52. The lowest BCUT2D eigenvalue weighted by atomic mass is 9.95. The average Bonchev–Trinajstić information content (AvgIpc) is 3.04. The van der Waals surface area contributed by atoms with Crippen molar-refractivity contribution < 1.29 is 0 Å². The van der Waals surface area contributed by atoms with Gasteiger partial charge in [-0.05, 0) is 25.0 Å². The van der Waals surface area contributed by atoms with Gasteiger partial charge in [0.25, 0.3) is 0 Å². The van der Waals surface area contributed by atoms with E-state index >= 15 is 0 Å². The van der Waals surface area contributed by atoms with Gasteiger partial charge in [-0.15, -0.1) is 0 Å². The van der Waals surface area contributed by atoms with E-state index in [0.717, 1.165) is 11.5 Å². The third kappa shape index (κ3) is 4.69. The first-order chi connectivity index (χ1) is 10.9. The molecule has 3 nitrogen and oxygen atoms in total. The normalized spacial score (nSPS) is 12.5. The van der Waals surface area contributed by atoms with Crippen LogP contribution in [0.25, 0.3) is 5.69 Å². The van der Waals surface area contributed by atoms with Crippen LogP contribution in [0.5, 0.6) is 0 Å². The van der Waals surface area contributed by atoms with Crippen LogP contribution in [0.1, 0.15) is 77.0 Å². The van der Waals surface area contributed by atoms with Crippen LogP contribution in [0, 0.1) is 0 Å². The molecule has 0 spiro atoms. The van der Waals surface area contributed by atoms with Crippen LogP contribution in [-0.4, -0.2) is 14.8 Å². The fourth-order valence-corrected chi connectivity index (χ4v) is 3.04. The maximum absolute atomic E-state index is 4.58. The van der Waals surface area contributed by atoms with Crippen LogP contribution in [-0.2, 0) is 0 Å². The zero-order chi connectivity index (χ0) is 15.6. The third-order valence-electron chi connectivity index (χ3n) is 4.23. The lowest BCUT2D eigenvalue weighted by Gasteiger charge is -2.16. The van der Waals surface area contributed by atoms with Crippen molar-refractivity contribution in [3.05, 3.63) is 42.5 Å². The lowest BCUT2D eigenvalue weighted by molar-refractivity contribution is 0.489. The van der Waals surface area contributed by atoms with Crippen molar-refractivity contribution in [2.75, 3.05) is 0 Å². The van der Waals surface area contributed by atoms with Gasteiger partial charge in [-0.1, -0.05) is 70.6 Å². The van der Waals surface area contributed by atoms with Gasteiger partial charge in [-0.2, -0.15) is 5.10 Å². The number of aromatic nitrogens is 3. The maximum atomic E-state index is 4.58. The highest BCUT2D eigenvalue weighted by Gasteiger charge is 2.17. The molecule has 2 rings (SSSR count). The molecule has 0 amide bonds. The number of para-hydroxylation sites is 1. The van der Waals surface area contributed by atoms with Crippen LogP contribution in [0.3, 0.4) is 0 Å². The van der Waals surface area contributed by atoms with Crippen molar-refractivity contribution in [1.29, 1.82) is 0 Å². The number of hydrogen-bond donors (Lipinski definition) is 0. The molecule has 1 unspecified atom stereocenters. The minimum absolute atomic E-state index is 0.523. The lowest BCUT2D eigenvalue weighted by Crippen LogP contribution is -2.09. The predicted molar refractivity (Wildman–Crippen MR) is 92.4 cm³/mol. The zero-order valence-corrected chi connectivity index (χ0v) is 14.0. The molecule has 0 fully saturated rings. The van der Waals surface area contributed by atoms with E-state index in [9.17, 15) is 0 Å². The largest absolute Gasteiger partial charge is 0.219 e. The van der Waals surface area contributed by atoms with E-state index in [4.69, 9.17) is 0 Å². The Balaban J connectivity index is 2.04. The molecule has 1 aromatic heterocycles. The fraction of sp³-hybridized carbons (Fsp3) is 0.579. The summed E-state index contributed by atoms with van der Waals surface area (Å²) in [5.41, 5.74) is 1.11. The van der Waals surface area contributed by atoms with Crippen LogP contribution < -0.4 is 0 Å². The SMILES string of the molecule is CCCCCCCC(CCC)c1ncnn1-c1ccccc1. The van der Waals surface area contributed by atoms with Gasteiger partial charge < -0.3 is 0 Å². The highest BCUT2D eigenvalue weighted by Crippen LogP contribution is 2.27. The van der Waals surface area contributed by atoms with Crippen LogP contribution in [0.15, 0.2) is 36.7 Å². The van der Waals surface area contributed by atoms with Gasteiger partial charge in [0.1, 0.15) is 12.2 Å². The summed E-state index contributed by atoms with van der Waals surface area (Å²) in [5, 5.41) is 4.45. The van der Waals surface area contributed by atoms with E-state index in [1.54, 1.807) is 6.33 Å². The van der Waals surface area contributed by atoms with Gasteiger partial charge in [0.15, 0.2) is 0 Å². The van der Waals surface area contributed by atoms with Crippen molar-refractivity contribution in [2.24, 2.45) is 0 Å². The highest BCUT2D eigenvalue weighted by molar-refractivity contribution is 5.31. The Morgan fingerprint density at radius 2 is 1.68 bits per heavy atom. The summed E-state index contributed by atoms with van der Waals surface area (Å²) in [4.78, 5) is 4.58. The summed E-state index contributed by atoms with van der Waals surface area (Å²) in [7, 11) is 0. The van der Waals surface area contributed by atoms with E-state index in [2.05, 4.69) is 48.2 Å². The minimum atomic E-state index is 0.523. The van der Waals surface area contributed by atoms with E-state index in [-0.39, 0.29) is 0 Å². The topological polar surface area (TPSA) is 30.7 Å². The standard InChI is InChI=1S/C19H29N3/c1-3-5-6-7-9-13-17(12-4-2)19-20-16-21-22(19)18-14-10-8-11-15-18/h8,10-11,14-17H,3-7,9,12-13H2,1-2H3. The molecular weight excluding hydrogens is 270 g/mol. The van der Waals surface area contributed by atoms with E-state index in [1.165, 1.54) is 51.4 Å². The zero-order valence-electron chi connectivity index (χ0n) is 14.0. The molecule has 0 radical (unpaired) electrons. The van der Waals surface area contributed by atoms with Gasteiger partial charge in [-0.3, -0.25) is 0 Å². The van der Waals surface area contributed by atoms with Gasteiger partial charge >= 0.3 is 0 Å². The van der Waals surface area contributed by atoms with Gasteiger partial charge in [0, 0.05) is 5.92 Å². The monoisotopic (exact) mass is 299 g/mol. The predicted octanol–water partition coefficient (Wildman–Crippen LogP) is 5.51. The fourth-order valence-electron chi connectivity index (χ4n) is 3.04. The molecular formula is C19H29N3. The number of rotatable bonds is 10. The second-order valence-electron chi connectivity index (χ2n) is 6.05. The molecule has 22 heavy (non-hydrogen) atoms. The Kier molecular flexibility index (Phi) is 7.14. The van der Waals surface area contributed by atoms with Crippen molar-refractivity contribution in [3.8, 4) is 5.69 Å². The molecule has 1 atom stereocenters. The Morgan fingerprint density at radius 1 is 0.909 bits per heavy atom. The number of unbranched alkanes of at least 4 members (excludes halogenated alkanes) is 4. The molecule has 0 saturated carbocycles. The first-order valence-electron chi connectivity index (χ1n) is 8.82. The molecule has 0 aliphatic rings. The summed E-state index contributed by atoms with van der Waals surface area (Å²) in [6.07, 6.45) is 12.0. The molecule has 0 aliphatic heterocycles. The maximum Gasteiger partial charge on any atom is 0.138 e. The first-order valence-corrected chi connectivity index (χ1v) is 8.82. The Hall–Kier alpha value is -1.64. The van der Waals surface area contributed by atoms with Gasteiger partial charge in [0.2, 0.25) is 0 Å². The van der Waals surface area contributed by atoms with Crippen molar-refractivity contribution in [2.45, 2.75) is 71.1 Å². The summed E-state index contributed by atoms with van der Waals surface area (Å²) >= 11 is 0. The summed E-state index contributed by atoms with van der Waals surface area (Å²) in [6, 6.07) is 10.4. The van der Waals surface area contributed by atoms with E-state index in [1.807, 2.05) is 10.7 Å². The third-order valence-corrected chi connectivity index (χ3v) is 4.23. The Labute approximate surface area is 134 Å². The van der Waals surface area contributed by atoms with Crippen LogP contribution in [0.2, 0.25) is 0 Å². The van der Waals surface area contributed by atoms with Gasteiger partial charge in [-0.25, -0.2) is 9.67 Å². The van der Waals surface area contributed by atoms with Gasteiger partial charge in [0.05, 0.1) is 5.69 Å². The Bertz CT molecular complexity index is 518. The second kappa shape index (κ2) is 9.39. The molecule has 2 aromatic rings. The van der Waals surface area contributed by atoms with Crippen molar-refractivity contribution >= 4 is 0 Å². The Morgan fingerprint density at radius 3 is 2.41 bits per heavy atom. The van der Waals surface area contributed by atoms with Crippen LogP contribution >= 0.6 is 0 Å². The molecule has 3 heteroatoms. The molecule has 120 valence electrons. The molecule has 0 saturated heterocycles. The smallest absolute Gasteiger partial charge is 0.138 e. The molecule has 0 aliphatic carbocycles. The highest BCUT2D eigenvalue weighted by atomic mass is 15.3. The molecule has 1 aromatic carbocycles. The summed E-state index contributed by atoms with van der Waals surface area (Å²) < 4.78 is 2.02. The van der Waals surface area contributed by atoms with E-state index in [0.29, 0.717) is 5.92 Å². The first kappa shape index (κ1) is 16.7. The molecule has 0 bridgehead atoms. The average molecular weight is 299 g/mol. The number of benzene rings is 1. The van der Waals surface area contributed by atoms with Crippen LogP contribution in [0.4, 0.5) is 0 Å². The second-order valence-corrected chi connectivity index (χ2v) is 6.05. The number of nitrogens with zero attached hydrogens (tertiary/aromatic N) is 3. The quantitative estimate of drug-likeness (QED) is 0.541. The van der Waals surface area contributed by atoms with Crippen molar-refractivity contribution in [3.63, 3.8) is 0 Å². The minimum Gasteiger partial charge on any atom is -0.219 e. The van der Waals surface area contributed by atoms with Crippen molar-refractivity contribution in [1.82, 2.24) is 14.8 Å².